The molecule has 0 fully saturated rings. The topological polar surface area (TPSA) is 70.1 Å². The summed E-state index contributed by atoms with van der Waals surface area (Å²) in [5.74, 6) is 0.123. The number of amides is 1. The fourth-order valence-electron chi connectivity index (χ4n) is 2.53. The van der Waals surface area contributed by atoms with Gasteiger partial charge in [-0.15, -0.1) is 0 Å². The van der Waals surface area contributed by atoms with Gasteiger partial charge >= 0.3 is 0 Å². The summed E-state index contributed by atoms with van der Waals surface area (Å²) in [4.78, 5) is 24.3. The average Bonchev–Trinajstić information content (AvgIpc) is 3.03. The standard InChI is InChI=1S/C20H19FN4O/c1-13(22-12-19-24-17-5-3-4-6-18(17)25-19)11-14(2)23-20(26)15-7-9-16(21)10-8-15/h3-11H,12H2,1-2H3,(H,23,26)(H,24,25)/b14-11+,22-13-. The Bertz CT molecular complexity index is 953. The number of H-pyrrole nitrogens is 1. The summed E-state index contributed by atoms with van der Waals surface area (Å²) < 4.78 is 12.9. The van der Waals surface area contributed by atoms with Gasteiger partial charge in [0.2, 0.25) is 0 Å². The Balaban J connectivity index is 1.62. The molecule has 0 aliphatic rings. The number of aliphatic imine (C=N–C) groups is 1. The first-order valence-corrected chi connectivity index (χ1v) is 8.21. The quantitative estimate of drug-likeness (QED) is 0.683. The summed E-state index contributed by atoms with van der Waals surface area (Å²) in [5, 5.41) is 2.76. The molecule has 1 amide bonds. The molecule has 0 spiro atoms. The van der Waals surface area contributed by atoms with Gasteiger partial charge in [0.1, 0.15) is 11.6 Å². The first kappa shape index (κ1) is 17.5. The van der Waals surface area contributed by atoms with Crippen molar-refractivity contribution in [3.63, 3.8) is 0 Å². The van der Waals surface area contributed by atoms with Crippen LogP contribution in [0.3, 0.4) is 0 Å². The number of rotatable bonds is 5. The van der Waals surface area contributed by atoms with Crippen molar-refractivity contribution in [2.45, 2.75) is 20.4 Å². The molecular weight excluding hydrogens is 331 g/mol. The summed E-state index contributed by atoms with van der Waals surface area (Å²) in [7, 11) is 0. The minimum absolute atomic E-state index is 0.288. The molecule has 5 nitrogen and oxygen atoms in total. The number of imidazole rings is 1. The fraction of sp³-hybridized carbons (Fsp3) is 0.150. The molecule has 3 rings (SSSR count). The molecule has 0 unspecified atom stereocenters. The van der Waals surface area contributed by atoms with E-state index in [9.17, 15) is 9.18 Å². The van der Waals surface area contributed by atoms with Crippen LogP contribution >= 0.6 is 0 Å². The first-order chi connectivity index (χ1) is 12.5. The highest BCUT2D eigenvalue weighted by Crippen LogP contribution is 2.11. The molecule has 0 aliphatic heterocycles. The molecule has 26 heavy (non-hydrogen) atoms. The Morgan fingerprint density at radius 1 is 1.19 bits per heavy atom. The molecule has 6 heteroatoms. The normalized spacial score (nSPS) is 12.4. The Labute approximate surface area is 150 Å². The monoisotopic (exact) mass is 350 g/mol. The van der Waals surface area contributed by atoms with E-state index in [0.29, 0.717) is 17.8 Å². The molecule has 0 atom stereocenters. The molecule has 2 aromatic carbocycles. The molecule has 0 bridgehead atoms. The number of allylic oxidation sites excluding steroid dienone is 2. The van der Waals surface area contributed by atoms with E-state index in [4.69, 9.17) is 0 Å². The lowest BCUT2D eigenvalue weighted by Crippen LogP contribution is -2.21. The zero-order chi connectivity index (χ0) is 18.5. The van der Waals surface area contributed by atoms with Crippen LogP contribution in [0.4, 0.5) is 4.39 Å². The second-order valence-electron chi connectivity index (χ2n) is 5.95. The molecule has 1 aromatic heterocycles. The average molecular weight is 350 g/mol. The van der Waals surface area contributed by atoms with Gasteiger partial charge in [0.25, 0.3) is 5.91 Å². The zero-order valence-electron chi connectivity index (χ0n) is 14.6. The third kappa shape index (κ3) is 4.42. The van der Waals surface area contributed by atoms with Crippen molar-refractivity contribution >= 4 is 22.7 Å². The van der Waals surface area contributed by atoms with E-state index in [1.165, 1.54) is 24.3 Å². The molecule has 1 heterocycles. The summed E-state index contributed by atoms with van der Waals surface area (Å²) in [6.45, 7) is 4.06. The highest BCUT2D eigenvalue weighted by Gasteiger charge is 2.06. The second kappa shape index (κ2) is 7.74. The SMILES string of the molecule is CC(/C=C(\C)NC(=O)c1ccc(F)cc1)=N/Cc1nc2ccccc2[nH]1. The van der Waals surface area contributed by atoms with Crippen LogP contribution < -0.4 is 5.32 Å². The number of para-hydroxylation sites is 2. The number of nitrogens with zero attached hydrogens (tertiary/aromatic N) is 2. The van der Waals surface area contributed by atoms with Gasteiger partial charge in [-0.25, -0.2) is 9.37 Å². The molecule has 0 radical (unpaired) electrons. The van der Waals surface area contributed by atoms with Crippen molar-refractivity contribution in [3.05, 3.63) is 77.5 Å². The number of nitrogens with one attached hydrogen (secondary N) is 2. The van der Waals surface area contributed by atoms with Crippen LogP contribution in [0.1, 0.15) is 30.0 Å². The highest BCUT2D eigenvalue weighted by atomic mass is 19.1. The maximum Gasteiger partial charge on any atom is 0.255 e. The van der Waals surface area contributed by atoms with Gasteiger partial charge in [-0.1, -0.05) is 12.1 Å². The van der Waals surface area contributed by atoms with E-state index in [1.54, 1.807) is 13.0 Å². The van der Waals surface area contributed by atoms with Crippen LogP contribution in [0.15, 0.2) is 65.3 Å². The van der Waals surface area contributed by atoms with Crippen LogP contribution in [0.2, 0.25) is 0 Å². The van der Waals surface area contributed by atoms with E-state index < -0.39 is 0 Å². The summed E-state index contributed by atoms with van der Waals surface area (Å²) in [6.07, 6.45) is 1.78. The van der Waals surface area contributed by atoms with Gasteiger partial charge in [-0.05, 0) is 56.3 Å². The van der Waals surface area contributed by atoms with Crippen LogP contribution in [0, 0.1) is 5.82 Å². The number of carbonyl (C=O) groups excluding carboxylic acids is 1. The Hall–Kier alpha value is -3.28. The predicted octanol–water partition coefficient (Wildman–Crippen LogP) is 4.00. The lowest BCUT2D eigenvalue weighted by molar-refractivity contribution is 0.0966. The fourth-order valence-corrected chi connectivity index (χ4v) is 2.53. The Kier molecular flexibility index (Phi) is 5.22. The highest BCUT2D eigenvalue weighted by molar-refractivity contribution is 5.97. The van der Waals surface area contributed by atoms with E-state index in [2.05, 4.69) is 20.3 Å². The van der Waals surface area contributed by atoms with Crippen molar-refractivity contribution in [3.8, 4) is 0 Å². The van der Waals surface area contributed by atoms with Gasteiger partial charge in [0.15, 0.2) is 0 Å². The van der Waals surface area contributed by atoms with Gasteiger partial charge in [-0.3, -0.25) is 9.79 Å². The van der Waals surface area contributed by atoms with Crippen molar-refractivity contribution in [1.82, 2.24) is 15.3 Å². The third-order valence-corrected chi connectivity index (χ3v) is 3.76. The molecular formula is C20H19FN4O. The molecule has 0 aliphatic carbocycles. The molecule has 132 valence electrons. The smallest absolute Gasteiger partial charge is 0.255 e. The number of fused-ring (bicyclic) bond motifs is 1. The molecule has 3 aromatic rings. The number of aromatic nitrogens is 2. The lowest BCUT2D eigenvalue weighted by Gasteiger charge is -2.05. The maximum atomic E-state index is 12.9. The second-order valence-corrected chi connectivity index (χ2v) is 5.95. The maximum absolute atomic E-state index is 12.9. The summed E-state index contributed by atoms with van der Waals surface area (Å²) >= 11 is 0. The van der Waals surface area contributed by atoms with E-state index >= 15 is 0 Å². The van der Waals surface area contributed by atoms with E-state index in [1.807, 2.05) is 31.2 Å². The molecule has 0 saturated carbocycles. The Morgan fingerprint density at radius 3 is 2.65 bits per heavy atom. The van der Waals surface area contributed by atoms with Crippen molar-refractivity contribution in [1.29, 1.82) is 0 Å². The van der Waals surface area contributed by atoms with Gasteiger partial charge in [-0.2, -0.15) is 0 Å². The molecule has 2 N–H and O–H groups in total. The number of hydrogen-bond donors (Lipinski definition) is 2. The third-order valence-electron chi connectivity index (χ3n) is 3.76. The first-order valence-electron chi connectivity index (χ1n) is 8.21. The number of halogens is 1. The lowest BCUT2D eigenvalue weighted by atomic mass is 10.2. The minimum atomic E-state index is -0.373. The predicted molar refractivity (Wildman–Crippen MR) is 101 cm³/mol. The van der Waals surface area contributed by atoms with Crippen molar-refractivity contribution < 1.29 is 9.18 Å². The van der Waals surface area contributed by atoms with Crippen LogP contribution in [-0.2, 0) is 6.54 Å². The minimum Gasteiger partial charge on any atom is -0.340 e. The van der Waals surface area contributed by atoms with Crippen molar-refractivity contribution in [2.75, 3.05) is 0 Å². The van der Waals surface area contributed by atoms with E-state index in [0.717, 1.165) is 22.6 Å². The van der Waals surface area contributed by atoms with Crippen LogP contribution in [-0.4, -0.2) is 21.6 Å². The van der Waals surface area contributed by atoms with Gasteiger partial charge in [0, 0.05) is 17.0 Å². The largest absolute Gasteiger partial charge is 0.340 e. The number of benzene rings is 2. The van der Waals surface area contributed by atoms with Gasteiger partial charge < -0.3 is 10.3 Å². The molecule has 0 saturated heterocycles. The summed E-state index contributed by atoms with van der Waals surface area (Å²) in [6, 6.07) is 13.2. The van der Waals surface area contributed by atoms with Crippen molar-refractivity contribution in [2.24, 2.45) is 4.99 Å². The van der Waals surface area contributed by atoms with Crippen LogP contribution in [0.5, 0.6) is 0 Å². The van der Waals surface area contributed by atoms with Crippen LogP contribution in [0.25, 0.3) is 11.0 Å². The van der Waals surface area contributed by atoms with Gasteiger partial charge in [0.05, 0.1) is 17.6 Å². The number of aromatic amines is 1. The number of carbonyl (C=O) groups is 1. The Morgan fingerprint density at radius 2 is 1.92 bits per heavy atom. The van der Waals surface area contributed by atoms with E-state index in [-0.39, 0.29) is 11.7 Å². The number of hydrogen-bond acceptors (Lipinski definition) is 3. The zero-order valence-corrected chi connectivity index (χ0v) is 14.6. The summed E-state index contributed by atoms with van der Waals surface area (Å²) in [5.41, 5.74) is 3.71.